The molecule has 1 N–H and O–H groups in total. The number of aliphatic carboxylic acids is 1. The highest BCUT2D eigenvalue weighted by molar-refractivity contribution is 8.26. The number of carboxylic acids is 1. The average molecular weight is 361 g/mol. The molecule has 0 radical (unpaired) electrons. The Balaban J connectivity index is 2.28. The van der Waals surface area contributed by atoms with E-state index in [2.05, 4.69) is 0 Å². The molecule has 6 heteroatoms. The number of nitrogens with zero attached hydrogens (tertiary/aromatic N) is 1. The molecule has 1 aliphatic rings. The Bertz CT molecular complexity index is 723. The smallest absolute Gasteiger partial charge is 0.327 e. The van der Waals surface area contributed by atoms with Gasteiger partial charge in [-0.15, -0.1) is 0 Å². The Labute approximate surface area is 151 Å². The minimum Gasteiger partial charge on any atom is -0.480 e. The molecule has 1 saturated heterocycles. The molecule has 1 atom stereocenters. The Hall–Kier alpha value is -1.92. The summed E-state index contributed by atoms with van der Waals surface area (Å²) in [6, 6.07) is 8.83. The summed E-state index contributed by atoms with van der Waals surface area (Å²) in [5, 5.41) is 9.41. The predicted molar refractivity (Wildman–Crippen MR) is 101 cm³/mol. The van der Waals surface area contributed by atoms with Gasteiger partial charge < -0.3 is 5.11 Å². The van der Waals surface area contributed by atoms with Crippen LogP contribution in [0.4, 0.5) is 0 Å². The molecule has 1 amide bonds. The maximum Gasteiger partial charge on any atom is 0.327 e. The van der Waals surface area contributed by atoms with Crippen LogP contribution in [0.3, 0.4) is 0 Å². The number of thiocarbonyl (C=S) groups is 1. The zero-order valence-electron chi connectivity index (χ0n) is 13.7. The zero-order valence-corrected chi connectivity index (χ0v) is 15.4. The lowest BCUT2D eigenvalue weighted by Gasteiger charge is -2.26. The van der Waals surface area contributed by atoms with Gasteiger partial charge in [0, 0.05) is 0 Å². The van der Waals surface area contributed by atoms with E-state index in [-0.39, 0.29) is 11.8 Å². The molecule has 0 spiro atoms. The van der Waals surface area contributed by atoms with Crippen molar-refractivity contribution in [2.45, 2.75) is 26.8 Å². The van der Waals surface area contributed by atoms with Crippen molar-refractivity contribution in [1.29, 1.82) is 0 Å². The first kappa shape index (κ1) is 18.4. The highest BCUT2D eigenvalue weighted by Gasteiger charge is 2.41. The van der Waals surface area contributed by atoms with Gasteiger partial charge in [-0.1, -0.05) is 74.2 Å². The highest BCUT2D eigenvalue weighted by atomic mass is 32.2. The molecule has 1 aromatic carbocycles. The first-order chi connectivity index (χ1) is 11.3. The molecule has 24 heavy (non-hydrogen) atoms. The topological polar surface area (TPSA) is 57.6 Å². The van der Waals surface area contributed by atoms with Crippen LogP contribution in [0.2, 0.25) is 0 Å². The van der Waals surface area contributed by atoms with E-state index in [1.807, 2.05) is 43.3 Å². The van der Waals surface area contributed by atoms with Crippen LogP contribution in [0, 0.1) is 5.92 Å². The van der Waals surface area contributed by atoms with Crippen LogP contribution in [0.1, 0.15) is 26.3 Å². The number of hydrogen-bond acceptors (Lipinski definition) is 4. The van der Waals surface area contributed by atoms with Gasteiger partial charge in [0.05, 0.1) is 4.91 Å². The fourth-order valence-electron chi connectivity index (χ4n) is 2.47. The van der Waals surface area contributed by atoms with Gasteiger partial charge in [0.15, 0.2) is 0 Å². The summed E-state index contributed by atoms with van der Waals surface area (Å²) < 4.78 is 0.292. The van der Waals surface area contributed by atoms with Crippen LogP contribution in [0.25, 0.3) is 6.08 Å². The molecule has 1 fully saturated rings. The van der Waals surface area contributed by atoms with E-state index in [0.29, 0.717) is 9.23 Å². The molecule has 1 aliphatic heterocycles. The van der Waals surface area contributed by atoms with Crippen molar-refractivity contribution in [2.75, 3.05) is 0 Å². The van der Waals surface area contributed by atoms with Crippen LogP contribution in [0.5, 0.6) is 0 Å². The SMILES string of the molecule is CC(=C/c1ccccc1)/C=C1\SC(=S)N([C@H](C(=O)O)C(C)C)C1=O. The summed E-state index contributed by atoms with van der Waals surface area (Å²) in [5.41, 5.74) is 1.94. The first-order valence-corrected chi connectivity index (χ1v) is 8.77. The third-order valence-electron chi connectivity index (χ3n) is 3.54. The molecule has 1 heterocycles. The van der Waals surface area contributed by atoms with Crippen molar-refractivity contribution >= 4 is 46.3 Å². The molecule has 1 aromatic rings. The lowest BCUT2D eigenvalue weighted by Crippen LogP contribution is -2.47. The summed E-state index contributed by atoms with van der Waals surface area (Å²) in [6.07, 6.45) is 3.72. The van der Waals surface area contributed by atoms with Crippen molar-refractivity contribution in [3.8, 4) is 0 Å². The van der Waals surface area contributed by atoms with E-state index in [0.717, 1.165) is 22.9 Å². The molecular weight excluding hydrogens is 342 g/mol. The Kier molecular flexibility index (Phi) is 5.96. The third kappa shape index (κ3) is 4.13. The summed E-state index contributed by atoms with van der Waals surface area (Å²) >= 11 is 6.38. The number of rotatable bonds is 5. The van der Waals surface area contributed by atoms with Crippen molar-refractivity contribution in [3.05, 3.63) is 52.4 Å². The fraction of sp³-hybridized carbons (Fsp3) is 0.278. The van der Waals surface area contributed by atoms with Gasteiger partial charge in [-0.05, 0) is 30.1 Å². The largest absolute Gasteiger partial charge is 0.480 e. The van der Waals surface area contributed by atoms with E-state index in [4.69, 9.17) is 12.2 Å². The van der Waals surface area contributed by atoms with E-state index < -0.39 is 12.0 Å². The Morgan fingerprint density at radius 2 is 1.92 bits per heavy atom. The van der Waals surface area contributed by atoms with E-state index in [9.17, 15) is 14.7 Å². The predicted octanol–water partition coefficient (Wildman–Crippen LogP) is 3.94. The molecule has 0 aromatic heterocycles. The van der Waals surface area contributed by atoms with Crippen molar-refractivity contribution in [3.63, 3.8) is 0 Å². The Morgan fingerprint density at radius 1 is 1.29 bits per heavy atom. The second kappa shape index (κ2) is 7.77. The van der Waals surface area contributed by atoms with Gasteiger partial charge >= 0.3 is 5.97 Å². The average Bonchev–Trinajstić information content (AvgIpc) is 2.75. The summed E-state index contributed by atoms with van der Waals surface area (Å²) in [4.78, 5) is 25.8. The first-order valence-electron chi connectivity index (χ1n) is 7.54. The second-order valence-electron chi connectivity index (χ2n) is 5.88. The van der Waals surface area contributed by atoms with E-state index in [1.54, 1.807) is 19.9 Å². The van der Waals surface area contributed by atoms with E-state index >= 15 is 0 Å². The minimum absolute atomic E-state index is 0.231. The van der Waals surface area contributed by atoms with Crippen LogP contribution in [-0.2, 0) is 9.59 Å². The molecule has 0 aliphatic carbocycles. The van der Waals surface area contributed by atoms with E-state index in [1.165, 1.54) is 4.90 Å². The molecule has 126 valence electrons. The molecule has 2 rings (SSSR count). The number of benzene rings is 1. The molecular formula is C18H19NO3S2. The number of carboxylic acid groups (broad SMARTS) is 1. The standard InChI is InChI=1S/C18H19NO3S2/c1-11(2)15(17(21)22)19-16(20)14(24-18(19)23)10-12(3)9-13-7-5-4-6-8-13/h4-11,15H,1-3H3,(H,21,22)/b12-9-,14-10-/t15-/m0/s1. The number of thioether (sulfide) groups is 1. The number of carbonyl (C=O) groups excluding carboxylic acids is 1. The maximum atomic E-state index is 12.6. The van der Waals surface area contributed by atoms with Gasteiger partial charge in [0.1, 0.15) is 10.4 Å². The summed E-state index contributed by atoms with van der Waals surface area (Å²) in [6.45, 7) is 5.43. The lowest BCUT2D eigenvalue weighted by atomic mass is 10.0. The van der Waals surface area contributed by atoms with Crippen LogP contribution >= 0.6 is 24.0 Å². The quantitative estimate of drug-likeness (QED) is 0.636. The second-order valence-corrected chi connectivity index (χ2v) is 7.55. The van der Waals surface area contributed by atoms with Crippen molar-refractivity contribution in [1.82, 2.24) is 4.90 Å². The summed E-state index contributed by atoms with van der Waals surface area (Å²) in [5.74, 6) is -1.61. The normalized spacial score (nSPS) is 18.6. The molecule has 0 unspecified atom stereocenters. The van der Waals surface area contributed by atoms with Crippen LogP contribution in [-0.4, -0.2) is 32.2 Å². The van der Waals surface area contributed by atoms with Gasteiger partial charge in [-0.3, -0.25) is 9.69 Å². The number of carbonyl (C=O) groups is 2. The fourth-order valence-corrected chi connectivity index (χ4v) is 3.85. The van der Waals surface area contributed by atoms with Gasteiger partial charge in [0.25, 0.3) is 5.91 Å². The summed E-state index contributed by atoms with van der Waals surface area (Å²) in [7, 11) is 0. The molecule has 0 saturated carbocycles. The highest BCUT2D eigenvalue weighted by Crippen LogP contribution is 2.35. The number of amides is 1. The Morgan fingerprint density at radius 3 is 2.46 bits per heavy atom. The van der Waals surface area contributed by atoms with Crippen LogP contribution < -0.4 is 0 Å². The number of allylic oxidation sites excluding steroid dienone is 2. The maximum absolute atomic E-state index is 12.6. The molecule has 0 bridgehead atoms. The van der Waals surface area contributed by atoms with Crippen molar-refractivity contribution < 1.29 is 14.7 Å². The monoisotopic (exact) mass is 361 g/mol. The van der Waals surface area contributed by atoms with Crippen molar-refractivity contribution in [2.24, 2.45) is 5.92 Å². The minimum atomic E-state index is -1.04. The lowest BCUT2D eigenvalue weighted by molar-refractivity contribution is -0.146. The van der Waals surface area contributed by atoms with Gasteiger partial charge in [-0.25, -0.2) is 4.79 Å². The van der Waals surface area contributed by atoms with Crippen LogP contribution in [0.15, 0.2) is 46.9 Å². The molecule has 4 nitrogen and oxygen atoms in total. The number of hydrogen-bond donors (Lipinski definition) is 1. The van der Waals surface area contributed by atoms with Gasteiger partial charge in [-0.2, -0.15) is 0 Å². The zero-order chi connectivity index (χ0) is 17.9. The third-order valence-corrected chi connectivity index (χ3v) is 4.87. The van der Waals surface area contributed by atoms with Gasteiger partial charge in [0.2, 0.25) is 0 Å².